The Morgan fingerprint density at radius 3 is 3.00 bits per heavy atom. The Labute approximate surface area is 103 Å². The Bertz CT molecular complexity index is 600. The predicted molar refractivity (Wildman–Crippen MR) is 66.7 cm³/mol. The van der Waals surface area contributed by atoms with Crippen molar-refractivity contribution >= 4 is 17.8 Å². The van der Waals surface area contributed by atoms with Crippen molar-refractivity contribution in [1.82, 2.24) is 14.9 Å². The van der Waals surface area contributed by atoms with Crippen molar-refractivity contribution in [1.29, 1.82) is 0 Å². The highest BCUT2D eigenvalue weighted by molar-refractivity contribution is 6.33. The monoisotopic (exact) mass is 250 g/mol. The standard InChI is InChI=1S/C11H11ClN4O/c1-2-10-14-15-11(17)16(10)13-7-8-5-3-4-6-9(8)12/h3-7H,2H2,1H3,(H,15,17). The molecule has 0 aliphatic heterocycles. The summed E-state index contributed by atoms with van der Waals surface area (Å²) in [4.78, 5) is 11.4. The summed E-state index contributed by atoms with van der Waals surface area (Å²) in [6, 6.07) is 7.28. The fourth-order valence-electron chi connectivity index (χ4n) is 1.37. The maximum Gasteiger partial charge on any atom is 0.364 e. The summed E-state index contributed by atoms with van der Waals surface area (Å²) in [5.41, 5.74) is 0.398. The van der Waals surface area contributed by atoms with Gasteiger partial charge in [0.15, 0.2) is 5.82 Å². The molecule has 17 heavy (non-hydrogen) atoms. The molecular weight excluding hydrogens is 240 g/mol. The lowest BCUT2D eigenvalue weighted by molar-refractivity contribution is 0.765. The Kier molecular flexibility index (Phi) is 3.39. The SMILES string of the molecule is CCc1n[nH]c(=O)n1N=Cc1ccccc1Cl. The van der Waals surface area contributed by atoms with Crippen molar-refractivity contribution in [3.8, 4) is 0 Å². The number of aryl methyl sites for hydroxylation is 1. The molecule has 0 bridgehead atoms. The Morgan fingerprint density at radius 1 is 1.53 bits per heavy atom. The van der Waals surface area contributed by atoms with Gasteiger partial charge in [0.05, 0.1) is 6.21 Å². The van der Waals surface area contributed by atoms with Crippen LogP contribution in [0, 0.1) is 0 Å². The fourth-order valence-corrected chi connectivity index (χ4v) is 1.56. The third-order valence-corrected chi connectivity index (χ3v) is 2.60. The summed E-state index contributed by atoms with van der Waals surface area (Å²) >= 11 is 5.98. The van der Waals surface area contributed by atoms with E-state index in [9.17, 15) is 4.79 Å². The summed E-state index contributed by atoms with van der Waals surface area (Å²) < 4.78 is 1.23. The van der Waals surface area contributed by atoms with E-state index in [1.807, 2.05) is 25.1 Å². The van der Waals surface area contributed by atoms with Crippen LogP contribution in [0.4, 0.5) is 0 Å². The molecule has 1 aromatic carbocycles. The van der Waals surface area contributed by atoms with Crippen molar-refractivity contribution in [2.24, 2.45) is 5.10 Å². The second-order valence-electron chi connectivity index (χ2n) is 3.38. The van der Waals surface area contributed by atoms with Gasteiger partial charge < -0.3 is 0 Å². The number of hydrogen-bond acceptors (Lipinski definition) is 3. The van der Waals surface area contributed by atoms with Gasteiger partial charge in [0, 0.05) is 17.0 Å². The normalized spacial score (nSPS) is 11.2. The zero-order valence-corrected chi connectivity index (χ0v) is 9.98. The molecule has 2 aromatic rings. The van der Waals surface area contributed by atoms with Crippen LogP contribution < -0.4 is 5.69 Å². The quantitative estimate of drug-likeness (QED) is 0.843. The Hall–Kier alpha value is -1.88. The number of nitrogens with zero attached hydrogens (tertiary/aromatic N) is 3. The topological polar surface area (TPSA) is 63.0 Å². The first-order valence-corrected chi connectivity index (χ1v) is 5.55. The molecule has 0 unspecified atom stereocenters. The molecule has 2 rings (SSSR count). The lowest BCUT2D eigenvalue weighted by Crippen LogP contribution is -2.14. The second-order valence-corrected chi connectivity index (χ2v) is 3.78. The van der Waals surface area contributed by atoms with Crippen LogP contribution in [0.2, 0.25) is 5.02 Å². The molecule has 0 aliphatic carbocycles. The van der Waals surface area contributed by atoms with Crippen LogP contribution in [0.25, 0.3) is 0 Å². The zero-order chi connectivity index (χ0) is 12.3. The molecule has 0 fully saturated rings. The van der Waals surface area contributed by atoms with Crippen molar-refractivity contribution in [2.75, 3.05) is 0 Å². The minimum absolute atomic E-state index is 0.356. The van der Waals surface area contributed by atoms with Crippen LogP contribution >= 0.6 is 11.6 Å². The first-order valence-electron chi connectivity index (χ1n) is 5.17. The van der Waals surface area contributed by atoms with Gasteiger partial charge in [-0.05, 0) is 6.07 Å². The van der Waals surface area contributed by atoms with E-state index in [1.54, 1.807) is 12.3 Å². The molecule has 0 spiro atoms. The predicted octanol–water partition coefficient (Wildman–Crippen LogP) is 1.67. The molecule has 0 atom stereocenters. The van der Waals surface area contributed by atoms with Gasteiger partial charge in [-0.15, -0.1) is 0 Å². The van der Waals surface area contributed by atoms with Crippen LogP contribution in [-0.2, 0) is 6.42 Å². The van der Waals surface area contributed by atoms with Gasteiger partial charge in [0.2, 0.25) is 0 Å². The molecule has 0 saturated carbocycles. The van der Waals surface area contributed by atoms with Gasteiger partial charge in [-0.2, -0.15) is 14.9 Å². The molecule has 0 radical (unpaired) electrons. The minimum Gasteiger partial charge on any atom is -0.244 e. The van der Waals surface area contributed by atoms with Gasteiger partial charge >= 0.3 is 5.69 Å². The van der Waals surface area contributed by atoms with Gasteiger partial charge in [-0.25, -0.2) is 9.89 Å². The highest BCUT2D eigenvalue weighted by Gasteiger charge is 2.03. The highest BCUT2D eigenvalue weighted by atomic mass is 35.5. The number of aromatic nitrogens is 3. The highest BCUT2D eigenvalue weighted by Crippen LogP contribution is 2.12. The van der Waals surface area contributed by atoms with Gasteiger partial charge in [0.1, 0.15) is 0 Å². The number of H-pyrrole nitrogens is 1. The summed E-state index contributed by atoms with van der Waals surface area (Å²) in [7, 11) is 0. The van der Waals surface area contributed by atoms with Crippen molar-refractivity contribution in [2.45, 2.75) is 13.3 Å². The maximum absolute atomic E-state index is 11.4. The number of benzene rings is 1. The zero-order valence-electron chi connectivity index (χ0n) is 9.22. The van der Waals surface area contributed by atoms with Gasteiger partial charge in [-0.3, -0.25) is 0 Å². The third kappa shape index (κ3) is 2.45. The first kappa shape index (κ1) is 11.6. The summed E-state index contributed by atoms with van der Waals surface area (Å²) in [5.74, 6) is 0.582. The minimum atomic E-state index is -0.356. The van der Waals surface area contributed by atoms with E-state index in [0.717, 1.165) is 5.56 Å². The van der Waals surface area contributed by atoms with Gasteiger partial charge in [-0.1, -0.05) is 36.7 Å². The second kappa shape index (κ2) is 4.97. The first-order chi connectivity index (χ1) is 8.22. The van der Waals surface area contributed by atoms with Crippen molar-refractivity contribution in [3.05, 3.63) is 51.2 Å². The van der Waals surface area contributed by atoms with Crippen LogP contribution in [0.5, 0.6) is 0 Å². The average Bonchev–Trinajstić information content (AvgIpc) is 2.69. The third-order valence-electron chi connectivity index (χ3n) is 2.25. The van der Waals surface area contributed by atoms with Crippen LogP contribution in [0.3, 0.4) is 0 Å². The number of hydrogen-bond donors (Lipinski definition) is 1. The lowest BCUT2D eigenvalue weighted by atomic mass is 10.2. The molecule has 88 valence electrons. The maximum atomic E-state index is 11.4. The molecule has 0 saturated heterocycles. The molecule has 1 heterocycles. The molecule has 0 amide bonds. The van der Waals surface area contributed by atoms with Crippen LogP contribution in [0.1, 0.15) is 18.3 Å². The number of rotatable bonds is 3. The van der Waals surface area contributed by atoms with E-state index in [4.69, 9.17) is 11.6 Å². The van der Waals surface area contributed by atoms with Crippen molar-refractivity contribution in [3.63, 3.8) is 0 Å². The number of aromatic amines is 1. The lowest BCUT2D eigenvalue weighted by Gasteiger charge is -1.97. The molecule has 1 aromatic heterocycles. The van der Waals surface area contributed by atoms with E-state index in [2.05, 4.69) is 15.3 Å². The van der Waals surface area contributed by atoms with E-state index < -0.39 is 0 Å². The Morgan fingerprint density at radius 2 is 2.29 bits per heavy atom. The van der Waals surface area contributed by atoms with Crippen molar-refractivity contribution < 1.29 is 0 Å². The summed E-state index contributed by atoms with van der Waals surface area (Å²) in [6.45, 7) is 1.90. The average molecular weight is 251 g/mol. The van der Waals surface area contributed by atoms with Crippen LogP contribution in [0.15, 0.2) is 34.2 Å². The summed E-state index contributed by atoms with van der Waals surface area (Å²) in [5, 5.41) is 10.9. The van der Waals surface area contributed by atoms with E-state index >= 15 is 0 Å². The largest absolute Gasteiger partial charge is 0.364 e. The van der Waals surface area contributed by atoms with Crippen LogP contribution in [-0.4, -0.2) is 21.1 Å². The van der Waals surface area contributed by atoms with E-state index in [0.29, 0.717) is 17.3 Å². The molecule has 1 N–H and O–H groups in total. The molecular formula is C11H11ClN4O. The smallest absolute Gasteiger partial charge is 0.244 e. The fraction of sp³-hybridized carbons (Fsp3) is 0.182. The molecule has 0 aliphatic rings. The van der Waals surface area contributed by atoms with E-state index in [-0.39, 0.29) is 5.69 Å². The molecule has 5 nitrogen and oxygen atoms in total. The molecule has 6 heteroatoms. The number of nitrogens with one attached hydrogen (secondary N) is 1. The van der Waals surface area contributed by atoms with Gasteiger partial charge in [0.25, 0.3) is 0 Å². The Balaban J connectivity index is 2.35. The van der Waals surface area contributed by atoms with E-state index in [1.165, 1.54) is 4.68 Å². The number of halogens is 1. The summed E-state index contributed by atoms with van der Waals surface area (Å²) in [6.07, 6.45) is 2.16.